The Balaban J connectivity index is 2.03. The number of rotatable bonds is 2. The molecule has 0 aromatic heterocycles. The molecule has 4 nitrogen and oxygen atoms in total. The molecule has 0 radical (unpaired) electrons. The number of nitrogen functional groups attached to an aromatic ring is 1. The maximum atomic E-state index is 9.68. The third-order valence-corrected chi connectivity index (χ3v) is 2.61. The first-order chi connectivity index (χ1) is 7.25. The zero-order valence-electron chi connectivity index (χ0n) is 8.65. The molecule has 82 valence electrons. The summed E-state index contributed by atoms with van der Waals surface area (Å²) in [5.74, 6) is 0.279. The molecule has 1 heterocycles. The van der Waals surface area contributed by atoms with Crippen LogP contribution in [-0.4, -0.2) is 36.3 Å². The van der Waals surface area contributed by atoms with Gasteiger partial charge >= 0.3 is 0 Å². The largest absolute Gasteiger partial charge is 0.508 e. The second-order valence-corrected chi connectivity index (χ2v) is 3.78. The van der Waals surface area contributed by atoms with Gasteiger partial charge < -0.3 is 15.6 Å². The van der Waals surface area contributed by atoms with Crippen LogP contribution in [0.1, 0.15) is 5.56 Å². The molecule has 0 amide bonds. The molecular weight excluding hydrogens is 192 g/mol. The van der Waals surface area contributed by atoms with Gasteiger partial charge in [0, 0.05) is 37.0 Å². The predicted molar refractivity (Wildman–Crippen MR) is 58.6 cm³/mol. The first-order valence-electron chi connectivity index (χ1n) is 5.13. The fraction of sp³-hybridized carbons (Fsp3) is 0.455. The summed E-state index contributed by atoms with van der Waals surface area (Å²) < 4.78 is 5.26. The molecule has 2 rings (SSSR count). The molecule has 0 atom stereocenters. The van der Waals surface area contributed by atoms with Crippen LogP contribution in [0, 0.1) is 0 Å². The van der Waals surface area contributed by atoms with E-state index in [2.05, 4.69) is 4.90 Å². The van der Waals surface area contributed by atoms with Gasteiger partial charge in [-0.1, -0.05) is 6.07 Å². The molecule has 1 fully saturated rings. The van der Waals surface area contributed by atoms with Gasteiger partial charge in [0.1, 0.15) is 5.75 Å². The highest BCUT2D eigenvalue weighted by Crippen LogP contribution is 2.21. The van der Waals surface area contributed by atoms with Gasteiger partial charge in [0.05, 0.1) is 13.2 Å². The van der Waals surface area contributed by atoms with Crippen LogP contribution in [0.15, 0.2) is 18.2 Å². The topological polar surface area (TPSA) is 58.7 Å². The van der Waals surface area contributed by atoms with Crippen LogP contribution in [0.2, 0.25) is 0 Å². The van der Waals surface area contributed by atoms with Gasteiger partial charge in [0.25, 0.3) is 0 Å². The molecule has 1 aromatic carbocycles. The number of aromatic hydroxyl groups is 1. The van der Waals surface area contributed by atoms with E-state index in [1.165, 1.54) is 0 Å². The number of phenolic OH excluding ortho intramolecular Hbond substituents is 1. The summed E-state index contributed by atoms with van der Waals surface area (Å²) in [6, 6.07) is 5.28. The number of anilines is 1. The number of morpholine rings is 1. The summed E-state index contributed by atoms with van der Waals surface area (Å²) >= 11 is 0. The number of hydrogen-bond acceptors (Lipinski definition) is 4. The van der Waals surface area contributed by atoms with Crippen molar-refractivity contribution >= 4 is 5.69 Å². The standard InChI is InChI=1S/C11H16N2O2/c12-10-2-1-9(11(14)7-10)8-13-3-5-15-6-4-13/h1-2,7,14H,3-6,8,12H2. The van der Waals surface area contributed by atoms with Crippen molar-refractivity contribution < 1.29 is 9.84 Å². The van der Waals surface area contributed by atoms with Gasteiger partial charge in [-0.25, -0.2) is 0 Å². The van der Waals surface area contributed by atoms with Gasteiger partial charge in [-0.05, 0) is 6.07 Å². The van der Waals surface area contributed by atoms with E-state index in [9.17, 15) is 5.11 Å². The molecule has 1 saturated heterocycles. The number of phenols is 1. The van der Waals surface area contributed by atoms with Crippen molar-refractivity contribution in [1.29, 1.82) is 0 Å². The molecule has 1 aromatic rings. The van der Waals surface area contributed by atoms with E-state index in [0.29, 0.717) is 5.69 Å². The lowest BCUT2D eigenvalue weighted by Crippen LogP contribution is -2.35. The smallest absolute Gasteiger partial charge is 0.122 e. The zero-order valence-corrected chi connectivity index (χ0v) is 8.65. The Morgan fingerprint density at radius 2 is 2.07 bits per heavy atom. The van der Waals surface area contributed by atoms with Crippen LogP contribution < -0.4 is 5.73 Å². The second-order valence-electron chi connectivity index (χ2n) is 3.78. The highest BCUT2D eigenvalue weighted by molar-refractivity contribution is 5.47. The van der Waals surface area contributed by atoms with Gasteiger partial charge in [0.2, 0.25) is 0 Å². The summed E-state index contributed by atoms with van der Waals surface area (Å²) in [5.41, 5.74) is 7.08. The summed E-state index contributed by atoms with van der Waals surface area (Å²) in [6.07, 6.45) is 0. The van der Waals surface area contributed by atoms with Crippen LogP contribution >= 0.6 is 0 Å². The van der Waals surface area contributed by atoms with E-state index in [-0.39, 0.29) is 5.75 Å². The summed E-state index contributed by atoms with van der Waals surface area (Å²) in [4.78, 5) is 2.26. The highest BCUT2D eigenvalue weighted by atomic mass is 16.5. The Kier molecular flexibility index (Phi) is 3.08. The SMILES string of the molecule is Nc1ccc(CN2CCOCC2)c(O)c1. The van der Waals surface area contributed by atoms with E-state index in [1.807, 2.05) is 12.1 Å². The first-order valence-corrected chi connectivity index (χ1v) is 5.13. The maximum absolute atomic E-state index is 9.68. The van der Waals surface area contributed by atoms with Crippen molar-refractivity contribution in [3.05, 3.63) is 23.8 Å². The first kappa shape index (κ1) is 10.3. The molecule has 0 unspecified atom stereocenters. The predicted octanol–water partition coefficient (Wildman–Crippen LogP) is 0.807. The molecule has 1 aliphatic rings. The fourth-order valence-electron chi connectivity index (χ4n) is 1.71. The zero-order chi connectivity index (χ0) is 10.7. The number of hydrogen-bond donors (Lipinski definition) is 2. The Morgan fingerprint density at radius 3 is 2.73 bits per heavy atom. The molecule has 0 aliphatic carbocycles. The van der Waals surface area contributed by atoms with E-state index in [1.54, 1.807) is 6.07 Å². The quantitative estimate of drug-likeness (QED) is 0.706. The highest BCUT2D eigenvalue weighted by Gasteiger charge is 2.12. The molecular formula is C11H16N2O2. The molecule has 4 heteroatoms. The average Bonchev–Trinajstić information content (AvgIpc) is 2.24. The minimum Gasteiger partial charge on any atom is -0.508 e. The van der Waals surface area contributed by atoms with Crippen molar-refractivity contribution in [1.82, 2.24) is 4.90 Å². The number of benzene rings is 1. The van der Waals surface area contributed by atoms with Crippen LogP contribution in [0.25, 0.3) is 0 Å². The minimum atomic E-state index is 0.279. The summed E-state index contributed by atoms with van der Waals surface area (Å²) in [6.45, 7) is 4.15. The average molecular weight is 208 g/mol. The van der Waals surface area contributed by atoms with E-state index < -0.39 is 0 Å². The third-order valence-electron chi connectivity index (χ3n) is 2.61. The molecule has 3 N–H and O–H groups in total. The normalized spacial score (nSPS) is 17.9. The van der Waals surface area contributed by atoms with E-state index in [4.69, 9.17) is 10.5 Å². The minimum absolute atomic E-state index is 0.279. The lowest BCUT2D eigenvalue weighted by Gasteiger charge is -2.26. The summed E-state index contributed by atoms with van der Waals surface area (Å²) in [5, 5.41) is 9.68. The fourth-order valence-corrected chi connectivity index (χ4v) is 1.71. The van der Waals surface area contributed by atoms with Crippen molar-refractivity contribution in [2.75, 3.05) is 32.0 Å². The maximum Gasteiger partial charge on any atom is 0.122 e. The van der Waals surface area contributed by atoms with Crippen LogP contribution in [0.5, 0.6) is 5.75 Å². The van der Waals surface area contributed by atoms with E-state index in [0.717, 1.165) is 38.4 Å². The third kappa shape index (κ3) is 2.61. The Morgan fingerprint density at radius 1 is 1.33 bits per heavy atom. The molecule has 1 aliphatic heterocycles. The van der Waals surface area contributed by atoms with Crippen molar-refractivity contribution in [2.45, 2.75) is 6.54 Å². The summed E-state index contributed by atoms with van der Waals surface area (Å²) in [7, 11) is 0. The Bertz CT molecular complexity index is 335. The molecule has 0 bridgehead atoms. The number of nitrogens with two attached hydrogens (primary N) is 1. The van der Waals surface area contributed by atoms with Gasteiger partial charge in [-0.3, -0.25) is 4.90 Å². The van der Waals surface area contributed by atoms with Crippen LogP contribution in [0.4, 0.5) is 5.69 Å². The second kappa shape index (κ2) is 4.51. The van der Waals surface area contributed by atoms with Crippen LogP contribution in [-0.2, 0) is 11.3 Å². The molecule has 0 saturated carbocycles. The van der Waals surface area contributed by atoms with Gasteiger partial charge in [-0.2, -0.15) is 0 Å². The molecule has 0 spiro atoms. The van der Waals surface area contributed by atoms with E-state index >= 15 is 0 Å². The lowest BCUT2D eigenvalue weighted by molar-refractivity contribution is 0.0339. The monoisotopic (exact) mass is 208 g/mol. The van der Waals surface area contributed by atoms with Gasteiger partial charge in [0.15, 0.2) is 0 Å². The van der Waals surface area contributed by atoms with Crippen molar-refractivity contribution in [2.24, 2.45) is 0 Å². The Labute approximate surface area is 89.3 Å². The lowest BCUT2D eigenvalue weighted by atomic mass is 10.1. The Hall–Kier alpha value is -1.26. The van der Waals surface area contributed by atoms with Crippen LogP contribution in [0.3, 0.4) is 0 Å². The van der Waals surface area contributed by atoms with Crippen molar-refractivity contribution in [3.63, 3.8) is 0 Å². The number of ether oxygens (including phenoxy) is 1. The van der Waals surface area contributed by atoms with Gasteiger partial charge in [-0.15, -0.1) is 0 Å². The van der Waals surface area contributed by atoms with Crippen molar-refractivity contribution in [3.8, 4) is 5.75 Å². The number of nitrogens with zero attached hydrogens (tertiary/aromatic N) is 1. The molecule has 15 heavy (non-hydrogen) atoms.